The minimum absolute atomic E-state index is 0.333. The van der Waals surface area contributed by atoms with E-state index >= 15 is 0 Å². The average Bonchev–Trinajstić information content (AvgIpc) is 2.08. The molecule has 0 saturated heterocycles. The van der Waals surface area contributed by atoms with Crippen molar-refractivity contribution in [2.75, 3.05) is 7.11 Å². The van der Waals surface area contributed by atoms with E-state index in [9.17, 15) is 4.79 Å². The van der Waals surface area contributed by atoms with Crippen molar-refractivity contribution in [2.24, 2.45) is 0 Å². The zero-order valence-corrected chi connectivity index (χ0v) is 8.04. The van der Waals surface area contributed by atoms with Crippen LogP contribution in [0, 0.1) is 0 Å². The van der Waals surface area contributed by atoms with Gasteiger partial charge in [-0.1, -0.05) is 29.9 Å². The Morgan fingerprint density at radius 1 is 1.75 bits per heavy atom. The molecule has 2 nitrogen and oxygen atoms in total. The Labute approximate surface area is 80.8 Å². The molecule has 0 atom stereocenters. The number of thiocarbonyl (C=S) groups is 1. The lowest BCUT2D eigenvalue weighted by atomic mass is 10.1. The fourth-order valence-corrected chi connectivity index (χ4v) is 1.29. The van der Waals surface area contributed by atoms with Crippen LogP contribution in [0.3, 0.4) is 0 Å². The van der Waals surface area contributed by atoms with E-state index < -0.39 is 5.97 Å². The van der Waals surface area contributed by atoms with Crippen LogP contribution in [-0.4, -0.2) is 17.9 Å². The Morgan fingerprint density at radius 2 is 2.42 bits per heavy atom. The molecule has 1 aliphatic carbocycles. The van der Waals surface area contributed by atoms with Crippen LogP contribution in [0.2, 0.25) is 0 Å². The average molecular weight is 203 g/mol. The van der Waals surface area contributed by atoms with E-state index in [1.807, 2.05) is 0 Å². The van der Waals surface area contributed by atoms with E-state index in [0.717, 1.165) is 0 Å². The number of allylic oxidation sites excluding steroid dienone is 2. The number of esters is 1. The highest BCUT2D eigenvalue weighted by Crippen LogP contribution is 2.21. The predicted molar refractivity (Wildman–Crippen MR) is 51.3 cm³/mol. The first-order valence-electron chi connectivity index (χ1n) is 3.34. The summed E-state index contributed by atoms with van der Waals surface area (Å²) < 4.78 is 4.52. The van der Waals surface area contributed by atoms with Gasteiger partial charge in [0.1, 0.15) is 0 Å². The van der Waals surface area contributed by atoms with Crippen LogP contribution in [0.5, 0.6) is 0 Å². The number of hydrogen-bond donors (Lipinski definition) is 0. The molecule has 0 spiro atoms. The van der Waals surface area contributed by atoms with E-state index in [0.29, 0.717) is 21.9 Å². The molecule has 0 N–H and O–H groups in total. The summed E-state index contributed by atoms with van der Waals surface area (Å²) in [5.74, 6) is -0.446. The summed E-state index contributed by atoms with van der Waals surface area (Å²) in [5, 5.41) is 0.333. The third-order valence-corrected chi connectivity index (χ3v) is 2.39. The second-order valence-electron chi connectivity index (χ2n) is 2.25. The summed E-state index contributed by atoms with van der Waals surface area (Å²) >= 11 is 10.7. The molecule has 0 fully saturated rings. The molecule has 0 aromatic carbocycles. The molecule has 0 bridgehead atoms. The van der Waals surface area contributed by atoms with Crippen molar-refractivity contribution in [1.29, 1.82) is 0 Å². The van der Waals surface area contributed by atoms with E-state index in [-0.39, 0.29) is 0 Å². The Morgan fingerprint density at radius 3 is 3.00 bits per heavy atom. The van der Waals surface area contributed by atoms with Gasteiger partial charge >= 0.3 is 5.97 Å². The van der Waals surface area contributed by atoms with Crippen LogP contribution in [0.25, 0.3) is 0 Å². The van der Waals surface area contributed by atoms with Gasteiger partial charge in [-0.2, -0.15) is 0 Å². The van der Waals surface area contributed by atoms with Gasteiger partial charge in [-0.25, -0.2) is 4.79 Å². The fraction of sp³-hybridized carbons (Fsp3) is 0.250. The molecule has 0 heterocycles. The van der Waals surface area contributed by atoms with E-state index in [2.05, 4.69) is 4.74 Å². The van der Waals surface area contributed by atoms with Crippen molar-refractivity contribution >= 4 is 34.7 Å². The lowest BCUT2D eigenvalue weighted by Crippen LogP contribution is -2.10. The van der Waals surface area contributed by atoms with E-state index in [1.54, 1.807) is 12.2 Å². The number of carbonyl (C=O) groups excluding carboxylic acids is 1. The zero-order valence-electron chi connectivity index (χ0n) is 6.46. The quantitative estimate of drug-likeness (QED) is 0.481. The third-order valence-electron chi connectivity index (χ3n) is 1.47. The topological polar surface area (TPSA) is 26.3 Å². The van der Waals surface area contributed by atoms with Crippen LogP contribution < -0.4 is 0 Å². The SMILES string of the molecule is COC(=O)C1=C(Cl)C(=S)CC=C1. The summed E-state index contributed by atoms with van der Waals surface area (Å²) in [6, 6.07) is 0. The number of ether oxygens (including phenoxy) is 1. The van der Waals surface area contributed by atoms with Crippen LogP contribution >= 0.6 is 23.8 Å². The Kier molecular flexibility index (Phi) is 3.00. The second-order valence-corrected chi connectivity index (χ2v) is 3.12. The molecule has 0 aromatic heterocycles. The summed E-state index contributed by atoms with van der Waals surface area (Å²) in [5.41, 5.74) is 0.343. The molecular weight excluding hydrogens is 196 g/mol. The zero-order chi connectivity index (χ0) is 9.14. The van der Waals surface area contributed by atoms with Crippen molar-refractivity contribution in [2.45, 2.75) is 6.42 Å². The number of halogens is 1. The minimum Gasteiger partial charge on any atom is -0.465 e. The van der Waals surface area contributed by atoms with Gasteiger partial charge in [0, 0.05) is 11.3 Å². The summed E-state index contributed by atoms with van der Waals surface area (Å²) in [4.78, 5) is 11.6. The van der Waals surface area contributed by atoms with Gasteiger partial charge in [0.2, 0.25) is 0 Å². The molecule has 4 heteroatoms. The maximum atomic E-state index is 11.0. The number of rotatable bonds is 1. The fourth-order valence-electron chi connectivity index (χ4n) is 0.864. The molecular formula is C8H7ClO2S. The second kappa shape index (κ2) is 3.83. The maximum absolute atomic E-state index is 11.0. The smallest absolute Gasteiger partial charge is 0.339 e. The Bertz CT molecular complexity index is 291. The van der Waals surface area contributed by atoms with Crippen molar-refractivity contribution in [3.05, 3.63) is 22.8 Å². The first-order chi connectivity index (χ1) is 5.66. The molecule has 1 rings (SSSR count). The molecule has 0 amide bonds. The lowest BCUT2D eigenvalue weighted by molar-refractivity contribution is -0.135. The van der Waals surface area contributed by atoms with Crippen molar-refractivity contribution < 1.29 is 9.53 Å². The van der Waals surface area contributed by atoms with Crippen LogP contribution in [0.15, 0.2) is 22.8 Å². The minimum atomic E-state index is -0.446. The molecule has 0 aromatic rings. The largest absolute Gasteiger partial charge is 0.465 e. The van der Waals surface area contributed by atoms with Crippen molar-refractivity contribution in [3.63, 3.8) is 0 Å². The van der Waals surface area contributed by atoms with Crippen LogP contribution in [0.4, 0.5) is 0 Å². The van der Waals surface area contributed by atoms with Gasteiger partial charge in [-0.3, -0.25) is 0 Å². The molecule has 0 saturated carbocycles. The maximum Gasteiger partial charge on any atom is 0.339 e. The predicted octanol–water partition coefficient (Wildman–Crippen LogP) is 1.98. The highest BCUT2D eigenvalue weighted by Gasteiger charge is 2.17. The summed E-state index contributed by atoms with van der Waals surface area (Å²) in [7, 11) is 1.31. The Hall–Kier alpha value is -0.670. The summed E-state index contributed by atoms with van der Waals surface area (Å²) in [6.07, 6.45) is 4.04. The van der Waals surface area contributed by atoms with Gasteiger partial charge in [0.05, 0.1) is 17.7 Å². The molecule has 64 valence electrons. The Balaban J connectivity index is 3.01. The standard InChI is InChI=1S/C8H7ClO2S/c1-11-8(10)5-3-2-4-6(12)7(5)9/h2-3H,4H2,1H3. The van der Waals surface area contributed by atoms with Gasteiger partial charge in [-0.15, -0.1) is 0 Å². The summed E-state index contributed by atoms with van der Waals surface area (Å²) in [6.45, 7) is 0. The van der Waals surface area contributed by atoms with Gasteiger partial charge < -0.3 is 4.74 Å². The normalized spacial score (nSPS) is 16.7. The molecule has 0 radical (unpaired) electrons. The molecule has 1 aliphatic rings. The van der Waals surface area contributed by atoms with E-state index in [4.69, 9.17) is 23.8 Å². The van der Waals surface area contributed by atoms with Crippen LogP contribution in [0.1, 0.15) is 6.42 Å². The van der Waals surface area contributed by atoms with E-state index in [1.165, 1.54) is 7.11 Å². The molecule has 0 aliphatic heterocycles. The van der Waals surface area contributed by atoms with Gasteiger partial charge in [-0.05, 0) is 6.08 Å². The van der Waals surface area contributed by atoms with Gasteiger partial charge in [0.15, 0.2) is 0 Å². The highest BCUT2D eigenvalue weighted by atomic mass is 35.5. The highest BCUT2D eigenvalue weighted by molar-refractivity contribution is 7.81. The third kappa shape index (κ3) is 1.73. The number of methoxy groups -OCH3 is 1. The van der Waals surface area contributed by atoms with Crippen molar-refractivity contribution in [3.8, 4) is 0 Å². The van der Waals surface area contributed by atoms with Gasteiger partial charge in [0.25, 0.3) is 0 Å². The van der Waals surface area contributed by atoms with Crippen LogP contribution in [-0.2, 0) is 9.53 Å². The molecule has 12 heavy (non-hydrogen) atoms. The molecule has 0 unspecified atom stereocenters. The number of carbonyl (C=O) groups is 1. The lowest BCUT2D eigenvalue weighted by Gasteiger charge is -2.08. The number of hydrogen-bond acceptors (Lipinski definition) is 3. The van der Waals surface area contributed by atoms with Crippen molar-refractivity contribution in [1.82, 2.24) is 0 Å². The monoisotopic (exact) mass is 202 g/mol. The first kappa shape index (κ1) is 9.42. The first-order valence-corrected chi connectivity index (χ1v) is 4.13.